The molecule has 0 bridgehead atoms. The summed E-state index contributed by atoms with van der Waals surface area (Å²) in [6.45, 7) is 6.82. The van der Waals surface area contributed by atoms with Gasteiger partial charge in [0.1, 0.15) is 0 Å². The Bertz CT molecular complexity index is 1060. The Morgan fingerprint density at radius 3 is 2.24 bits per heavy atom. The Balaban J connectivity index is 1.70. The van der Waals surface area contributed by atoms with Gasteiger partial charge in [0.05, 0.1) is 33.8 Å². The predicted octanol–water partition coefficient (Wildman–Crippen LogP) is 5.22. The molecule has 1 N–H and O–H groups in total. The highest BCUT2D eigenvalue weighted by molar-refractivity contribution is 7.89. The molecule has 1 amide bonds. The van der Waals surface area contributed by atoms with Gasteiger partial charge in [0.15, 0.2) is 5.75 Å². The van der Waals surface area contributed by atoms with Gasteiger partial charge in [-0.1, -0.05) is 36.5 Å². The minimum absolute atomic E-state index is 0.154. The van der Waals surface area contributed by atoms with Crippen molar-refractivity contribution in [3.63, 3.8) is 0 Å². The Kier molecular flexibility index (Phi) is 8.64. The first kappa shape index (κ1) is 25.8. The number of rotatable bonds is 8. The van der Waals surface area contributed by atoms with E-state index in [0.29, 0.717) is 31.1 Å². The number of hydrogen-bond donors (Lipinski definition) is 1. The molecule has 0 spiro atoms. The lowest BCUT2D eigenvalue weighted by atomic mass is 10.2. The van der Waals surface area contributed by atoms with Crippen molar-refractivity contribution in [3.05, 3.63) is 52.0 Å². The van der Waals surface area contributed by atoms with Gasteiger partial charge >= 0.3 is 0 Å². The van der Waals surface area contributed by atoms with E-state index in [2.05, 4.69) is 5.32 Å². The lowest BCUT2D eigenvalue weighted by Crippen LogP contribution is -2.48. The topological polar surface area (TPSA) is 84.9 Å². The monoisotopic (exact) mass is 514 g/mol. The second-order valence-electron chi connectivity index (χ2n) is 8.03. The van der Waals surface area contributed by atoms with Crippen LogP contribution >= 0.6 is 23.2 Å². The molecule has 0 saturated carbocycles. The van der Waals surface area contributed by atoms with E-state index in [-0.39, 0.29) is 32.7 Å². The number of morpholine rings is 1. The number of hydrogen-bond acceptors (Lipinski definition) is 5. The molecule has 1 aliphatic heterocycles. The normalized spacial score (nSPS) is 19.3. The molecule has 2 aromatic carbocycles. The van der Waals surface area contributed by atoms with Crippen molar-refractivity contribution in [2.45, 2.75) is 50.7 Å². The number of anilines is 1. The Morgan fingerprint density at radius 2 is 1.70 bits per heavy atom. The highest BCUT2D eigenvalue weighted by Crippen LogP contribution is 2.34. The maximum atomic E-state index is 13.0. The fourth-order valence-electron chi connectivity index (χ4n) is 3.54. The first-order chi connectivity index (χ1) is 15.6. The maximum absolute atomic E-state index is 13.0. The van der Waals surface area contributed by atoms with Crippen molar-refractivity contribution in [2.24, 2.45) is 0 Å². The van der Waals surface area contributed by atoms with Gasteiger partial charge in [0.2, 0.25) is 10.0 Å². The number of nitrogens with one attached hydrogen (secondary N) is 1. The van der Waals surface area contributed by atoms with Crippen LogP contribution in [0.4, 0.5) is 5.69 Å². The third kappa shape index (κ3) is 6.39. The minimum atomic E-state index is -3.66. The molecule has 1 fully saturated rings. The highest BCUT2D eigenvalue weighted by Gasteiger charge is 2.32. The summed E-state index contributed by atoms with van der Waals surface area (Å²) in [7, 11) is -3.66. The summed E-state index contributed by atoms with van der Waals surface area (Å²) in [6, 6.07) is 9.01. The quantitative estimate of drug-likeness (QED) is 0.488. The van der Waals surface area contributed by atoms with E-state index >= 15 is 0 Å². The largest absolute Gasteiger partial charge is 0.490 e. The van der Waals surface area contributed by atoms with Crippen LogP contribution in [0.1, 0.15) is 44.0 Å². The average molecular weight is 515 g/mol. The minimum Gasteiger partial charge on any atom is -0.490 e. The number of carbonyl (C=O) groups is 1. The Hall–Kier alpha value is -1.84. The van der Waals surface area contributed by atoms with Gasteiger partial charge < -0.3 is 14.8 Å². The van der Waals surface area contributed by atoms with Gasteiger partial charge in [-0.25, -0.2) is 8.42 Å². The van der Waals surface area contributed by atoms with E-state index in [0.717, 1.165) is 12.8 Å². The number of unbranched alkanes of at least 4 members (excludes halogenated alkanes) is 1. The Labute approximate surface area is 205 Å². The summed E-state index contributed by atoms with van der Waals surface area (Å²) < 4.78 is 38.6. The molecule has 180 valence electrons. The zero-order valence-corrected chi connectivity index (χ0v) is 21.1. The number of benzene rings is 2. The van der Waals surface area contributed by atoms with Crippen LogP contribution in [0.15, 0.2) is 41.3 Å². The molecule has 1 saturated heterocycles. The Morgan fingerprint density at radius 1 is 1.12 bits per heavy atom. The molecular formula is C23H28Cl2N2O5S. The van der Waals surface area contributed by atoms with Crippen LogP contribution < -0.4 is 10.1 Å². The number of halogens is 2. The second kappa shape index (κ2) is 11.1. The van der Waals surface area contributed by atoms with E-state index in [1.807, 2.05) is 20.8 Å². The first-order valence-electron chi connectivity index (χ1n) is 10.8. The van der Waals surface area contributed by atoms with Crippen LogP contribution in [-0.4, -0.2) is 50.5 Å². The molecule has 3 rings (SSSR count). The lowest BCUT2D eigenvalue weighted by molar-refractivity contribution is -0.0440. The third-order valence-corrected chi connectivity index (χ3v) is 7.55. The molecule has 2 aromatic rings. The van der Waals surface area contributed by atoms with Gasteiger partial charge in [-0.15, -0.1) is 0 Å². The number of carbonyl (C=O) groups excluding carboxylic acids is 1. The van der Waals surface area contributed by atoms with Gasteiger partial charge in [0, 0.05) is 24.3 Å². The number of ether oxygens (including phenoxy) is 2. The maximum Gasteiger partial charge on any atom is 0.255 e. The van der Waals surface area contributed by atoms with Gasteiger partial charge in [0.25, 0.3) is 5.91 Å². The standard InChI is InChI=1S/C23H28Cl2N2O5S/c1-4-5-10-31-22-20(24)11-17(12-21(22)25)23(28)26-18-6-8-19(9-7-18)33(29,30)27-13-15(2)32-16(3)14-27/h6-9,11-12,15-16H,4-5,10,13-14H2,1-3H3,(H,26,28). The summed E-state index contributed by atoms with van der Waals surface area (Å²) in [5.41, 5.74) is 0.707. The van der Waals surface area contributed by atoms with Crippen LogP contribution in [0.5, 0.6) is 5.75 Å². The lowest BCUT2D eigenvalue weighted by Gasteiger charge is -2.34. The highest BCUT2D eigenvalue weighted by atomic mass is 35.5. The van der Waals surface area contributed by atoms with E-state index in [1.54, 1.807) is 12.1 Å². The van der Waals surface area contributed by atoms with E-state index in [9.17, 15) is 13.2 Å². The average Bonchev–Trinajstić information content (AvgIpc) is 2.75. The fraction of sp³-hybridized carbons (Fsp3) is 0.435. The summed E-state index contributed by atoms with van der Waals surface area (Å²) in [5, 5.41) is 3.23. The van der Waals surface area contributed by atoms with Crippen LogP contribution in [0.25, 0.3) is 0 Å². The van der Waals surface area contributed by atoms with Crippen molar-refractivity contribution < 1.29 is 22.7 Å². The third-order valence-electron chi connectivity index (χ3n) is 5.14. The number of nitrogens with zero attached hydrogens (tertiary/aromatic N) is 1. The predicted molar refractivity (Wildman–Crippen MR) is 130 cm³/mol. The van der Waals surface area contributed by atoms with E-state index in [1.165, 1.54) is 28.6 Å². The van der Waals surface area contributed by atoms with Gasteiger partial charge in [-0.2, -0.15) is 4.31 Å². The number of sulfonamides is 1. The van der Waals surface area contributed by atoms with E-state index < -0.39 is 15.9 Å². The second-order valence-corrected chi connectivity index (χ2v) is 10.8. The van der Waals surface area contributed by atoms with Gasteiger partial charge in [-0.05, 0) is 56.7 Å². The molecule has 1 aliphatic rings. The van der Waals surface area contributed by atoms with Crippen molar-refractivity contribution >= 4 is 44.8 Å². The molecule has 2 unspecified atom stereocenters. The van der Waals surface area contributed by atoms with Crippen molar-refractivity contribution in [3.8, 4) is 5.75 Å². The molecule has 0 aliphatic carbocycles. The van der Waals surface area contributed by atoms with Crippen LogP contribution in [0.3, 0.4) is 0 Å². The fourth-order valence-corrected chi connectivity index (χ4v) is 5.72. The van der Waals surface area contributed by atoms with Gasteiger partial charge in [-0.3, -0.25) is 4.79 Å². The molecule has 0 radical (unpaired) electrons. The van der Waals surface area contributed by atoms with Crippen molar-refractivity contribution in [2.75, 3.05) is 25.0 Å². The summed E-state index contributed by atoms with van der Waals surface area (Å²) >= 11 is 12.5. The molecule has 33 heavy (non-hydrogen) atoms. The number of amides is 1. The van der Waals surface area contributed by atoms with E-state index in [4.69, 9.17) is 32.7 Å². The first-order valence-corrected chi connectivity index (χ1v) is 13.0. The molecular weight excluding hydrogens is 487 g/mol. The molecule has 0 aromatic heterocycles. The summed E-state index contributed by atoms with van der Waals surface area (Å²) in [5.74, 6) is -0.0741. The summed E-state index contributed by atoms with van der Waals surface area (Å²) in [6.07, 6.45) is 1.48. The zero-order valence-electron chi connectivity index (χ0n) is 18.8. The molecule has 7 nitrogen and oxygen atoms in total. The molecule has 2 atom stereocenters. The summed E-state index contributed by atoms with van der Waals surface area (Å²) in [4.78, 5) is 12.8. The van der Waals surface area contributed by atoms with Crippen molar-refractivity contribution in [1.29, 1.82) is 0 Å². The van der Waals surface area contributed by atoms with Crippen molar-refractivity contribution in [1.82, 2.24) is 4.31 Å². The SMILES string of the molecule is CCCCOc1c(Cl)cc(C(=O)Nc2ccc(S(=O)(=O)N3CC(C)OC(C)C3)cc2)cc1Cl. The van der Waals surface area contributed by atoms with Crippen LogP contribution in [0.2, 0.25) is 10.0 Å². The van der Waals surface area contributed by atoms with Crippen LogP contribution in [0, 0.1) is 0 Å². The molecule has 10 heteroatoms. The smallest absolute Gasteiger partial charge is 0.255 e. The molecule has 1 heterocycles. The zero-order chi connectivity index (χ0) is 24.2. The van der Waals surface area contributed by atoms with Crippen LogP contribution in [-0.2, 0) is 14.8 Å².